The van der Waals surface area contributed by atoms with Crippen LogP contribution >= 0.6 is 11.3 Å². The number of aryl methyl sites for hydroxylation is 1. The van der Waals surface area contributed by atoms with Gasteiger partial charge in [-0.2, -0.15) is 0 Å². The SMILES string of the molecule is Cc1ccc(C(C)(C)C)cc1-c1csc(NN)n1. The second-order valence-electron chi connectivity index (χ2n) is 5.46. The lowest BCUT2D eigenvalue weighted by atomic mass is 9.85. The first kappa shape index (κ1) is 13.1. The summed E-state index contributed by atoms with van der Waals surface area (Å²) in [7, 11) is 0. The van der Waals surface area contributed by atoms with Gasteiger partial charge in [0.15, 0.2) is 5.13 Å². The maximum Gasteiger partial charge on any atom is 0.197 e. The van der Waals surface area contributed by atoms with E-state index in [9.17, 15) is 0 Å². The van der Waals surface area contributed by atoms with Gasteiger partial charge in [0.05, 0.1) is 5.69 Å². The van der Waals surface area contributed by atoms with Crippen LogP contribution in [-0.4, -0.2) is 4.98 Å². The summed E-state index contributed by atoms with van der Waals surface area (Å²) < 4.78 is 0. The Hall–Kier alpha value is -1.39. The molecular formula is C14H19N3S. The number of nitrogens with zero attached hydrogens (tertiary/aromatic N) is 1. The largest absolute Gasteiger partial charge is 0.300 e. The topological polar surface area (TPSA) is 50.9 Å². The molecule has 0 radical (unpaired) electrons. The van der Waals surface area contributed by atoms with E-state index in [0.29, 0.717) is 0 Å². The predicted molar refractivity (Wildman–Crippen MR) is 78.8 cm³/mol. The molecule has 0 fully saturated rings. The molecule has 0 aliphatic rings. The Balaban J connectivity index is 2.49. The van der Waals surface area contributed by atoms with Crippen LogP contribution in [0.25, 0.3) is 11.3 Å². The summed E-state index contributed by atoms with van der Waals surface area (Å²) in [5.74, 6) is 5.38. The van der Waals surface area contributed by atoms with Gasteiger partial charge in [0.2, 0.25) is 0 Å². The number of hydrogen-bond donors (Lipinski definition) is 2. The lowest BCUT2D eigenvalue weighted by molar-refractivity contribution is 0.590. The number of aromatic nitrogens is 1. The van der Waals surface area contributed by atoms with Crippen molar-refractivity contribution in [2.45, 2.75) is 33.1 Å². The number of nitrogen functional groups attached to an aromatic ring is 1. The summed E-state index contributed by atoms with van der Waals surface area (Å²) in [5.41, 5.74) is 7.45. The third kappa shape index (κ3) is 2.54. The zero-order chi connectivity index (χ0) is 13.3. The van der Waals surface area contributed by atoms with Gasteiger partial charge in [0.1, 0.15) is 0 Å². The maximum atomic E-state index is 5.38. The molecule has 0 aliphatic heterocycles. The van der Waals surface area contributed by atoms with Crippen molar-refractivity contribution >= 4 is 16.5 Å². The average Bonchev–Trinajstić information content (AvgIpc) is 2.76. The third-order valence-electron chi connectivity index (χ3n) is 3.01. The van der Waals surface area contributed by atoms with Gasteiger partial charge in [-0.1, -0.05) is 32.9 Å². The second kappa shape index (κ2) is 4.71. The first-order valence-electron chi connectivity index (χ1n) is 5.95. The molecule has 2 aromatic rings. The van der Waals surface area contributed by atoms with Gasteiger partial charge in [-0.25, -0.2) is 10.8 Å². The highest BCUT2D eigenvalue weighted by Gasteiger charge is 2.16. The predicted octanol–water partition coefficient (Wildman–Crippen LogP) is 3.70. The van der Waals surface area contributed by atoms with E-state index in [4.69, 9.17) is 5.84 Å². The zero-order valence-corrected chi connectivity index (χ0v) is 12.1. The third-order valence-corrected chi connectivity index (χ3v) is 3.78. The molecule has 0 aliphatic carbocycles. The van der Waals surface area contributed by atoms with Crippen LogP contribution < -0.4 is 11.3 Å². The minimum Gasteiger partial charge on any atom is -0.300 e. The lowest BCUT2D eigenvalue weighted by Crippen LogP contribution is -2.11. The fourth-order valence-corrected chi connectivity index (χ4v) is 2.45. The summed E-state index contributed by atoms with van der Waals surface area (Å²) >= 11 is 1.52. The number of anilines is 1. The van der Waals surface area contributed by atoms with Crippen LogP contribution in [0, 0.1) is 6.92 Å². The van der Waals surface area contributed by atoms with Gasteiger partial charge in [-0.15, -0.1) is 11.3 Å². The van der Waals surface area contributed by atoms with Crippen LogP contribution in [-0.2, 0) is 5.41 Å². The minimum absolute atomic E-state index is 0.146. The highest BCUT2D eigenvalue weighted by Crippen LogP contribution is 2.31. The van der Waals surface area contributed by atoms with Crippen molar-refractivity contribution in [2.75, 3.05) is 5.43 Å². The molecule has 1 heterocycles. The van der Waals surface area contributed by atoms with Gasteiger partial charge >= 0.3 is 0 Å². The molecule has 1 aromatic heterocycles. The molecule has 0 saturated heterocycles. The first-order chi connectivity index (χ1) is 8.41. The van der Waals surface area contributed by atoms with Gasteiger partial charge < -0.3 is 0 Å². The van der Waals surface area contributed by atoms with Gasteiger partial charge in [-0.3, -0.25) is 5.43 Å². The number of hydrazine groups is 1. The standard InChI is InChI=1S/C14H19N3S/c1-9-5-6-10(14(2,3)4)7-11(9)12-8-18-13(16-12)17-15/h5-8H,15H2,1-4H3,(H,16,17). The summed E-state index contributed by atoms with van der Waals surface area (Å²) in [6, 6.07) is 6.57. The van der Waals surface area contributed by atoms with E-state index >= 15 is 0 Å². The molecule has 0 atom stereocenters. The van der Waals surface area contributed by atoms with E-state index < -0.39 is 0 Å². The molecule has 2 rings (SSSR count). The summed E-state index contributed by atoms with van der Waals surface area (Å²) in [4.78, 5) is 4.47. The fourth-order valence-electron chi connectivity index (χ4n) is 1.83. The number of rotatable bonds is 2. The normalized spacial score (nSPS) is 11.6. The highest BCUT2D eigenvalue weighted by atomic mass is 32.1. The second-order valence-corrected chi connectivity index (χ2v) is 6.32. The van der Waals surface area contributed by atoms with E-state index in [0.717, 1.165) is 10.8 Å². The minimum atomic E-state index is 0.146. The Labute approximate surface area is 112 Å². The van der Waals surface area contributed by atoms with E-state index in [1.54, 1.807) is 0 Å². The first-order valence-corrected chi connectivity index (χ1v) is 6.83. The average molecular weight is 261 g/mol. The maximum absolute atomic E-state index is 5.38. The molecule has 18 heavy (non-hydrogen) atoms. The Morgan fingerprint density at radius 3 is 2.56 bits per heavy atom. The number of nitrogens with one attached hydrogen (secondary N) is 1. The molecule has 0 unspecified atom stereocenters. The summed E-state index contributed by atoms with van der Waals surface area (Å²) in [5, 5.41) is 2.77. The number of hydrogen-bond acceptors (Lipinski definition) is 4. The Morgan fingerprint density at radius 2 is 2.00 bits per heavy atom. The quantitative estimate of drug-likeness (QED) is 0.640. The van der Waals surface area contributed by atoms with Crippen LogP contribution in [0.4, 0.5) is 5.13 Å². The van der Waals surface area contributed by atoms with E-state index in [1.807, 2.05) is 5.38 Å². The van der Waals surface area contributed by atoms with Gasteiger partial charge in [0.25, 0.3) is 0 Å². The molecule has 3 N–H and O–H groups in total. The van der Waals surface area contributed by atoms with E-state index in [1.165, 1.54) is 28.0 Å². The molecule has 0 bridgehead atoms. The lowest BCUT2D eigenvalue weighted by Gasteiger charge is -2.20. The van der Waals surface area contributed by atoms with Gasteiger partial charge in [-0.05, 0) is 29.5 Å². The molecule has 1 aromatic carbocycles. The number of benzene rings is 1. The molecular weight excluding hydrogens is 242 g/mol. The van der Waals surface area contributed by atoms with E-state index in [2.05, 4.69) is 56.3 Å². The molecule has 0 saturated carbocycles. The van der Waals surface area contributed by atoms with Crippen LogP contribution in [0.2, 0.25) is 0 Å². The monoisotopic (exact) mass is 261 g/mol. The zero-order valence-electron chi connectivity index (χ0n) is 11.2. The highest BCUT2D eigenvalue weighted by molar-refractivity contribution is 7.14. The van der Waals surface area contributed by atoms with Crippen molar-refractivity contribution in [1.82, 2.24) is 4.98 Å². The van der Waals surface area contributed by atoms with Crippen LogP contribution in [0.3, 0.4) is 0 Å². The fraction of sp³-hybridized carbons (Fsp3) is 0.357. The molecule has 3 nitrogen and oxygen atoms in total. The number of thiazole rings is 1. The van der Waals surface area contributed by atoms with E-state index in [-0.39, 0.29) is 5.41 Å². The van der Waals surface area contributed by atoms with Crippen LogP contribution in [0.5, 0.6) is 0 Å². The Bertz CT molecular complexity index is 552. The molecule has 0 amide bonds. The van der Waals surface area contributed by atoms with Crippen molar-refractivity contribution in [1.29, 1.82) is 0 Å². The smallest absolute Gasteiger partial charge is 0.197 e. The molecule has 4 heteroatoms. The number of nitrogens with two attached hydrogens (primary N) is 1. The molecule has 0 spiro atoms. The van der Waals surface area contributed by atoms with Crippen LogP contribution in [0.1, 0.15) is 31.9 Å². The summed E-state index contributed by atoms with van der Waals surface area (Å²) in [6.07, 6.45) is 0. The van der Waals surface area contributed by atoms with Gasteiger partial charge in [0, 0.05) is 10.9 Å². The van der Waals surface area contributed by atoms with Crippen molar-refractivity contribution in [3.05, 3.63) is 34.7 Å². The van der Waals surface area contributed by atoms with Crippen molar-refractivity contribution in [2.24, 2.45) is 5.84 Å². The Kier molecular flexibility index (Phi) is 3.41. The van der Waals surface area contributed by atoms with Crippen molar-refractivity contribution in [3.63, 3.8) is 0 Å². The Morgan fingerprint density at radius 1 is 1.28 bits per heavy atom. The van der Waals surface area contributed by atoms with Crippen molar-refractivity contribution in [3.8, 4) is 11.3 Å². The molecule has 96 valence electrons. The summed E-state index contributed by atoms with van der Waals surface area (Å²) in [6.45, 7) is 8.76. The van der Waals surface area contributed by atoms with Crippen molar-refractivity contribution < 1.29 is 0 Å². The van der Waals surface area contributed by atoms with Crippen LogP contribution in [0.15, 0.2) is 23.6 Å².